The van der Waals surface area contributed by atoms with Crippen molar-refractivity contribution in [2.45, 2.75) is 18.0 Å². The van der Waals surface area contributed by atoms with Gasteiger partial charge in [-0.15, -0.1) is 0 Å². The Kier molecular flexibility index (Phi) is 6.55. The smallest absolute Gasteiger partial charge is 0.330 e. The number of rotatable bonds is 8. The number of hydrogen-bond donors (Lipinski definition) is 1. The van der Waals surface area contributed by atoms with Crippen molar-refractivity contribution in [3.8, 4) is 0 Å². The average molecular weight is 333 g/mol. The molecule has 0 heterocycles. The molecule has 0 saturated carbocycles. The summed E-state index contributed by atoms with van der Waals surface area (Å²) < 4.78 is 23.7. The Morgan fingerprint density at radius 3 is 1.70 bits per heavy atom. The van der Waals surface area contributed by atoms with Gasteiger partial charge >= 0.3 is 7.60 Å². The van der Waals surface area contributed by atoms with Gasteiger partial charge in [-0.25, -0.2) is 0 Å². The molecule has 0 aromatic heterocycles. The first-order valence-electron chi connectivity index (χ1n) is 7.67. The normalized spacial score (nSPS) is 13.2. The quantitative estimate of drug-likeness (QED) is 0.741. The molecule has 2 rings (SSSR count). The summed E-state index contributed by atoms with van der Waals surface area (Å²) in [6.45, 7) is 0.414. The molecule has 2 aromatic rings. The van der Waals surface area contributed by atoms with Crippen LogP contribution in [-0.4, -0.2) is 26.4 Å². The molecule has 0 radical (unpaired) electrons. The maximum absolute atomic E-state index is 13.1. The van der Waals surface area contributed by atoms with Crippen LogP contribution in [0.4, 0.5) is 0 Å². The van der Waals surface area contributed by atoms with Crippen molar-refractivity contribution in [3.63, 3.8) is 0 Å². The second kappa shape index (κ2) is 8.42. The van der Waals surface area contributed by atoms with Crippen LogP contribution in [0.5, 0.6) is 0 Å². The van der Waals surface area contributed by atoms with Crippen LogP contribution in [0.3, 0.4) is 0 Å². The van der Waals surface area contributed by atoms with Crippen molar-refractivity contribution >= 4 is 7.60 Å². The third-order valence-corrected chi connectivity index (χ3v) is 6.47. The highest BCUT2D eigenvalue weighted by atomic mass is 31.2. The molecule has 0 amide bonds. The van der Waals surface area contributed by atoms with Gasteiger partial charge in [-0.05, 0) is 24.1 Å². The molecule has 0 aliphatic heterocycles. The largest absolute Gasteiger partial charge is 0.334 e. The molecule has 124 valence electrons. The summed E-state index contributed by atoms with van der Waals surface area (Å²) in [4.78, 5) is 0. The molecule has 0 saturated heterocycles. The van der Waals surface area contributed by atoms with E-state index in [0.29, 0.717) is 13.0 Å². The Morgan fingerprint density at radius 1 is 0.913 bits per heavy atom. The van der Waals surface area contributed by atoms with Crippen LogP contribution in [0.1, 0.15) is 23.5 Å². The Bertz CT molecular complexity index is 586. The number of nitrogens with two attached hydrogens (primary N) is 1. The molecule has 5 heteroatoms. The van der Waals surface area contributed by atoms with Crippen molar-refractivity contribution < 1.29 is 13.6 Å². The lowest BCUT2D eigenvalue weighted by Crippen LogP contribution is -2.25. The minimum Gasteiger partial charge on any atom is -0.330 e. The molecule has 0 aliphatic rings. The van der Waals surface area contributed by atoms with Gasteiger partial charge in [-0.3, -0.25) is 4.57 Å². The summed E-state index contributed by atoms with van der Waals surface area (Å²) in [6.07, 6.45) is 0.549. The van der Waals surface area contributed by atoms with Crippen LogP contribution >= 0.6 is 7.60 Å². The lowest BCUT2D eigenvalue weighted by atomic mass is 9.87. The van der Waals surface area contributed by atoms with E-state index in [0.717, 1.165) is 11.1 Å². The molecule has 23 heavy (non-hydrogen) atoms. The molecule has 0 aliphatic carbocycles. The predicted octanol–water partition coefficient (Wildman–Crippen LogP) is 4.02. The molecule has 1 unspecified atom stereocenters. The molecule has 4 nitrogen and oxygen atoms in total. The van der Waals surface area contributed by atoms with Crippen LogP contribution in [0, 0.1) is 0 Å². The van der Waals surface area contributed by atoms with E-state index in [-0.39, 0.29) is 11.6 Å². The third-order valence-electron chi connectivity index (χ3n) is 4.08. The number of benzene rings is 2. The van der Waals surface area contributed by atoms with Crippen molar-refractivity contribution in [2.75, 3.05) is 20.8 Å². The van der Waals surface area contributed by atoms with E-state index >= 15 is 0 Å². The van der Waals surface area contributed by atoms with Crippen LogP contribution in [0.25, 0.3) is 0 Å². The predicted molar refractivity (Wildman–Crippen MR) is 93.8 cm³/mol. The maximum Gasteiger partial charge on any atom is 0.334 e. The highest BCUT2D eigenvalue weighted by Gasteiger charge is 2.40. The monoisotopic (exact) mass is 333 g/mol. The molecular formula is C18H24NO3P. The van der Waals surface area contributed by atoms with Gasteiger partial charge < -0.3 is 14.8 Å². The van der Waals surface area contributed by atoms with E-state index in [2.05, 4.69) is 0 Å². The van der Waals surface area contributed by atoms with E-state index in [1.54, 1.807) is 0 Å². The Morgan fingerprint density at radius 2 is 1.35 bits per heavy atom. The third kappa shape index (κ3) is 4.10. The van der Waals surface area contributed by atoms with E-state index in [1.807, 2.05) is 60.7 Å². The number of hydrogen-bond acceptors (Lipinski definition) is 4. The fourth-order valence-corrected chi connectivity index (χ4v) is 4.85. The van der Waals surface area contributed by atoms with Gasteiger partial charge in [0, 0.05) is 20.1 Å². The SMILES string of the molecule is COP(=O)(OC)C(CCN)C(c1ccccc1)c1ccccc1. The van der Waals surface area contributed by atoms with Crippen molar-refractivity contribution in [2.24, 2.45) is 5.73 Å². The minimum absolute atomic E-state index is 0.105. The van der Waals surface area contributed by atoms with Gasteiger partial charge in [0.25, 0.3) is 0 Å². The zero-order valence-corrected chi connectivity index (χ0v) is 14.5. The van der Waals surface area contributed by atoms with Crippen LogP contribution in [-0.2, 0) is 13.6 Å². The zero-order chi connectivity index (χ0) is 16.7. The molecule has 0 bridgehead atoms. The van der Waals surface area contributed by atoms with Gasteiger partial charge in [0.2, 0.25) is 0 Å². The highest BCUT2D eigenvalue weighted by Crippen LogP contribution is 2.58. The molecule has 1 atom stereocenters. The molecule has 0 spiro atoms. The Labute approximate surface area is 138 Å². The fourth-order valence-electron chi connectivity index (χ4n) is 2.98. The van der Waals surface area contributed by atoms with Crippen molar-refractivity contribution in [1.82, 2.24) is 0 Å². The fraction of sp³-hybridized carbons (Fsp3) is 0.333. The average Bonchev–Trinajstić information content (AvgIpc) is 2.62. The van der Waals surface area contributed by atoms with Gasteiger partial charge in [-0.1, -0.05) is 60.7 Å². The van der Waals surface area contributed by atoms with E-state index < -0.39 is 7.60 Å². The topological polar surface area (TPSA) is 61.5 Å². The first-order valence-corrected chi connectivity index (χ1v) is 9.28. The molecule has 0 fully saturated rings. The first kappa shape index (κ1) is 17.9. The van der Waals surface area contributed by atoms with Crippen molar-refractivity contribution in [1.29, 1.82) is 0 Å². The second-order valence-electron chi connectivity index (χ2n) is 5.35. The summed E-state index contributed by atoms with van der Waals surface area (Å²) in [5.41, 5.74) is 7.61. The summed E-state index contributed by atoms with van der Waals surface area (Å²) in [5.74, 6) is -0.105. The van der Waals surface area contributed by atoms with Crippen LogP contribution in [0.15, 0.2) is 60.7 Å². The summed E-state index contributed by atoms with van der Waals surface area (Å²) in [5, 5.41) is 0. The Hall–Kier alpha value is -1.45. The summed E-state index contributed by atoms with van der Waals surface area (Å²) in [6, 6.07) is 20.0. The lowest BCUT2D eigenvalue weighted by molar-refractivity contribution is 0.260. The first-order chi connectivity index (χ1) is 11.2. The highest BCUT2D eigenvalue weighted by molar-refractivity contribution is 7.54. The second-order valence-corrected chi connectivity index (χ2v) is 7.82. The minimum atomic E-state index is -3.27. The van der Waals surface area contributed by atoms with Crippen molar-refractivity contribution in [3.05, 3.63) is 71.8 Å². The van der Waals surface area contributed by atoms with Crippen LogP contribution in [0.2, 0.25) is 0 Å². The van der Waals surface area contributed by atoms with Gasteiger partial charge in [0.1, 0.15) is 0 Å². The van der Waals surface area contributed by atoms with E-state index in [4.69, 9.17) is 14.8 Å². The molecular weight excluding hydrogens is 309 g/mol. The summed E-state index contributed by atoms with van der Waals surface area (Å²) >= 11 is 0. The summed E-state index contributed by atoms with van der Waals surface area (Å²) in [7, 11) is -0.412. The van der Waals surface area contributed by atoms with Gasteiger partial charge in [0.15, 0.2) is 0 Å². The maximum atomic E-state index is 13.1. The zero-order valence-electron chi connectivity index (χ0n) is 13.6. The lowest BCUT2D eigenvalue weighted by Gasteiger charge is -2.32. The standard InChI is InChI=1S/C18H24NO3P/c1-21-23(20,22-2)17(13-14-19)18(15-9-5-3-6-10-15)16-11-7-4-8-12-16/h3-12,17-18H,13-14,19H2,1-2H3. The van der Waals surface area contributed by atoms with Gasteiger partial charge in [0.05, 0.1) is 5.66 Å². The van der Waals surface area contributed by atoms with E-state index in [9.17, 15) is 4.57 Å². The molecule has 2 N–H and O–H groups in total. The molecule has 2 aromatic carbocycles. The Balaban J connectivity index is 2.56. The van der Waals surface area contributed by atoms with Gasteiger partial charge in [-0.2, -0.15) is 0 Å². The van der Waals surface area contributed by atoms with Crippen LogP contribution < -0.4 is 5.73 Å². The van der Waals surface area contributed by atoms with E-state index in [1.165, 1.54) is 14.2 Å².